The van der Waals surface area contributed by atoms with Crippen molar-refractivity contribution in [2.75, 3.05) is 11.9 Å². The minimum atomic E-state index is -3.71. The minimum Gasteiger partial charge on any atom is -0.365 e. The van der Waals surface area contributed by atoms with E-state index in [4.69, 9.17) is 11.6 Å². The van der Waals surface area contributed by atoms with E-state index in [1.165, 1.54) is 0 Å². The molecule has 0 amide bonds. The Bertz CT molecular complexity index is 1120. The van der Waals surface area contributed by atoms with Gasteiger partial charge in [-0.15, -0.1) is 0 Å². The summed E-state index contributed by atoms with van der Waals surface area (Å²) in [7, 11) is -3.71. The van der Waals surface area contributed by atoms with Gasteiger partial charge in [0, 0.05) is 21.7 Å². The summed E-state index contributed by atoms with van der Waals surface area (Å²) in [5.74, 6) is 0. The van der Waals surface area contributed by atoms with Crippen LogP contribution in [-0.4, -0.2) is 24.9 Å². The lowest BCUT2D eigenvalue weighted by molar-refractivity contribution is 0.0607. The Hall–Kier alpha value is -1.34. The largest absolute Gasteiger partial charge is 0.365 e. The SMILES string of the molecule is C=C1CCCC23Nc4ccc(Br)cc4C12CCCN3S(=O)(=O)c1ccc(Cl)cc1. The zero-order valence-corrected chi connectivity index (χ0v) is 19.1. The first-order valence-electron chi connectivity index (χ1n) is 9.86. The number of sulfonamides is 1. The van der Waals surface area contributed by atoms with Gasteiger partial charge in [-0.25, -0.2) is 8.42 Å². The number of nitrogens with one attached hydrogen (secondary N) is 1. The van der Waals surface area contributed by atoms with Crippen LogP contribution in [0.3, 0.4) is 0 Å². The second-order valence-corrected chi connectivity index (χ2v) is 11.4. The standard InChI is InChI=1S/C22H22BrClN2O2S/c1-15-4-2-12-22-21(15,19-14-16(23)5-10-20(19)25-22)11-3-13-26(22)29(27,28)18-8-6-17(24)7-9-18/h5-10,14,25H,1-4,11-13H2. The first-order chi connectivity index (χ1) is 13.8. The Morgan fingerprint density at radius 2 is 1.86 bits per heavy atom. The molecule has 29 heavy (non-hydrogen) atoms. The topological polar surface area (TPSA) is 49.4 Å². The van der Waals surface area contributed by atoms with Crippen molar-refractivity contribution in [3.8, 4) is 0 Å². The van der Waals surface area contributed by atoms with Crippen molar-refractivity contribution in [3.05, 3.63) is 69.7 Å². The number of halogens is 2. The third kappa shape index (κ3) is 2.55. The molecule has 0 bridgehead atoms. The highest BCUT2D eigenvalue weighted by molar-refractivity contribution is 9.10. The highest BCUT2D eigenvalue weighted by atomic mass is 79.9. The van der Waals surface area contributed by atoms with Crippen LogP contribution in [0.25, 0.3) is 0 Å². The summed E-state index contributed by atoms with van der Waals surface area (Å²) >= 11 is 9.61. The van der Waals surface area contributed by atoms with Crippen LogP contribution in [0.1, 0.15) is 37.7 Å². The van der Waals surface area contributed by atoms with Crippen molar-refractivity contribution in [2.45, 2.75) is 48.1 Å². The third-order valence-electron chi connectivity index (χ3n) is 6.85. The predicted octanol–water partition coefficient (Wildman–Crippen LogP) is 5.69. The second-order valence-electron chi connectivity index (χ2n) is 8.17. The number of hydrogen-bond acceptors (Lipinski definition) is 3. The van der Waals surface area contributed by atoms with Crippen LogP contribution in [0.2, 0.25) is 5.02 Å². The summed E-state index contributed by atoms with van der Waals surface area (Å²) in [5.41, 5.74) is 2.16. The number of benzene rings is 2. The van der Waals surface area contributed by atoms with E-state index in [1.807, 2.05) is 12.1 Å². The van der Waals surface area contributed by atoms with E-state index >= 15 is 0 Å². The Labute approximate surface area is 185 Å². The summed E-state index contributed by atoms with van der Waals surface area (Å²) < 4.78 is 30.3. The van der Waals surface area contributed by atoms with Crippen LogP contribution in [0.5, 0.6) is 0 Å². The molecule has 2 fully saturated rings. The van der Waals surface area contributed by atoms with Crippen molar-refractivity contribution in [3.63, 3.8) is 0 Å². The smallest absolute Gasteiger partial charge is 0.245 e. The summed E-state index contributed by atoms with van der Waals surface area (Å²) in [6.07, 6.45) is 4.28. The van der Waals surface area contributed by atoms with Gasteiger partial charge in [0.1, 0.15) is 5.66 Å². The van der Waals surface area contributed by atoms with Gasteiger partial charge in [-0.1, -0.05) is 39.7 Å². The number of hydrogen-bond donors (Lipinski definition) is 1. The highest BCUT2D eigenvalue weighted by Crippen LogP contribution is 2.63. The summed E-state index contributed by atoms with van der Waals surface area (Å²) in [4.78, 5) is 0.280. The van der Waals surface area contributed by atoms with E-state index in [-0.39, 0.29) is 4.90 Å². The van der Waals surface area contributed by atoms with Crippen molar-refractivity contribution in [1.82, 2.24) is 4.31 Å². The maximum absolute atomic E-state index is 13.8. The van der Waals surface area contributed by atoms with E-state index in [0.29, 0.717) is 11.6 Å². The van der Waals surface area contributed by atoms with Gasteiger partial charge < -0.3 is 5.32 Å². The number of anilines is 1. The average molecular weight is 494 g/mol. The molecule has 0 radical (unpaired) electrons. The van der Waals surface area contributed by atoms with E-state index in [2.05, 4.69) is 33.9 Å². The molecule has 1 saturated carbocycles. The molecule has 7 heteroatoms. The molecular weight excluding hydrogens is 472 g/mol. The quantitative estimate of drug-likeness (QED) is 0.547. The van der Waals surface area contributed by atoms with E-state index in [0.717, 1.165) is 53.4 Å². The van der Waals surface area contributed by atoms with Gasteiger partial charge in [-0.2, -0.15) is 4.31 Å². The van der Waals surface area contributed by atoms with Gasteiger partial charge >= 0.3 is 0 Å². The highest BCUT2D eigenvalue weighted by Gasteiger charge is 2.66. The number of rotatable bonds is 2. The molecule has 2 unspecified atom stereocenters. The normalized spacial score (nSPS) is 29.0. The zero-order valence-electron chi connectivity index (χ0n) is 15.9. The van der Waals surface area contributed by atoms with Crippen LogP contribution in [0.15, 0.2) is 64.0 Å². The van der Waals surface area contributed by atoms with Gasteiger partial charge in [-0.3, -0.25) is 0 Å². The Morgan fingerprint density at radius 3 is 2.62 bits per heavy atom. The molecule has 1 N–H and O–H groups in total. The van der Waals surface area contributed by atoms with Gasteiger partial charge in [0.25, 0.3) is 0 Å². The lowest BCUT2D eigenvalue weighted by Crippen LogP contribution is -2.69. The number of piperidine rings is 1. The molecule has 5 rings (SSSR count). The molecule has 2 aromatic carbocycles. The van der Waals surface area contributed by atoms with Crippen LogP contribution in [0.4, 0.5) is 5.69 Å². The van der Waals surface area contributed by atoms with Crippen molar-refractivity contribution >= 4 is 43.2 Å². The van der Waals surface area contributed by atoms with Gasteiger partial charge in [0.2, 0.25) is 10.0 Å². The van der Waals surface area contributed by atoms with Crippen LogP contribution in [-0.2, 0) is 15.4 Å². The first-order valence-corrected chi connectivity index (χ1v) is 12.5. The molecule has 1 saturated heterocycles. The van der Waals surface area contributed by atoms with Crippen LogP contribution in [0, 0.1) is 0 Å². The summed E-state index contributed by atoms with van der Waals surface area (Å²) in [6.45, 7) is 4.95. The predicted molar refractivity (Wildman–Crippen MR) is 120 cm³/mol. The van der Waals surface area contributed by atoms with E-state index < -0.39 is 21.1 Å². The van der Waals surface area contributed by atoms with Crippen molar-refractivity contribution in [1.29, 1.82) is 0 Å². The molecule has 2 aromatic rings. The third-order valence-corrected chi connectivity index (χ3v) is 9.54. The Morgan fingerprint density at radius 1 is 1.10 bits per heavy atom. The molecular formula is C22H22BrClN2O2S. The lowest BCUT2D eigenvalue weighted by Gasteiger charge is -2.58. The maximum atomic E-state index is 13.8. The fourth-order valence-corrected chi connectivity index (χ4v) is 8.01. The van der Waals surface area contributed by atoms with Gasteiger partial charge in [-0.05, 0) is 80.1 Å². The van der Waals surface area contributed by atoms with Crippen molar-refractivity contribution < 1.29 is 8.42 Å². The molecule has 3 aliphatic rings. The van der Waals surface area contributed by atoms with Gasteiger partial charge in [0.05, 0.1) is 10.3 Å². The fraction of sp³-hybridized carbons (Fsp3) is 0.364. The molecule has 1 aliphatic carbocycles. The summed E-state index contributed by atoms with van der Waals surface area (Å²) in [5, 5.41) is 4.20. The van der Waals surface area contributed by atoms with Crippen LogP contribution < -0.4 is 5.32 Å². The fourth-order valence-electron chi connectivity index (χ4n) is 5.72. The first kappa shape index (κ1) is 19.6. The zero-order chi connectivity index (χ0) is 20.4. The van der Waals surface area contributed by atoms with Crippen molar-refractivity contribution in [2.24, 2.45) is 0 Å². The number of fused-ring (bicyclic) bond motifs is 1. The molecule has 4 nitrogen and oxygen atoms in total. The molecule has 0 aromatic heterocycles. The van der Waals surface area contributed by atoms with E-state index in [1.54, 1.807) is 28.6 Å². The molecule has 2 aliphatic heterocycles. The van der Waals surface area contributed by atoms with Crippen LogP contribution >= 0.6 is 27.5 Å². The van der Waals surface area contributed by atoms with Gasteiger partial charge in [0.15, 0.2) is 0 Å². The second kappa shape index (κ2) is 6.58. The molecule has 2 atom stereocenters. The molecule has 0 spiro atoms. The number of nitrogens with zero attached hydrogens (tertiary/aromatic N) is 1. The Balaban J connectivity index is 1.73. The maximum Gasteiger partial charge on any atom is 0.245 e. The molecule has 152 valence electrons. The lowest BCUT2D eigenvalue weighted by atomic mass is 9.58. The molecule has 2 heterocycles. The average Bonchev–Trinajstić information content (AvgIpc) is 3.00. The Kier molecular flexibility index (Phi) is 4.45. The van der Waals surface area contributed by atoms with E-state index in [9.17, 15) is 8.42 Å². The minimum absolute atomic E-state index is 0.280. The summed E-state index contributed by atoms with van der Waals surface area (Å²) in [6, 6.07) is 12.7. The monoisotopic (exact) mass is 492 g/mol.